The highest BCUT2D eigenvalue weighted by atomic mass is 32.2. The molecule has 0 saturated heterocycles. The maximum atomic E-state index is 12.8. The predicted molar refractivity (Wildman–Crippen MR) is 95.1 cm³/mol. The van der Waals surface area contributed by atoms with E-state index in [-0.39, 0.29) is 15.7 Å². The van der Waals surface area contributed by atoms with Gasteiger partial charge in [0, 0.05) is 13.3 Å². The highest BCUT2D eigenvalue weighted by Gasteiger charge is 2.36. The molecule has 3 aromatic heterocycles. The van der Waals surface area contributed by atoms with Gasteiger partial charge in [0.15, 0.2) is 10.8 Å². The highest BCUT2D eigenvalue weighted by molar-refractivity contribution is 7.89. The van der Waals surface area contributed by atoms with E-state index in [0.29, 0.717) is 23.3 Å². The molecule has 0 spiro atoms. The molecule has 1 unspecified atom stereocenters. The van der Waals surface area contributed by atoms with Crippen molar-refractivity contribution in [3.63, 3.8) is 0 Å². The number of rotatable bonds is 6. The van der Waals surface area contributed by atoms with Crippen LogP contribution < -0.4 is 4.72 Å². The molecule has 0 radical (unpaired) electrons. The zero-order chi connectivity index (χ0) is 20.7. The smallest absolute Gasteiger partial charge is 0.363 e. The molecular weight excluding hydrogens is 419 g/mol. The Balaban J connectivity index is 2.05. The normalized spacial score (nSPS) is 15.1. The molecule has 0 aliphatic rings. The molecule has 8 nitrogen and oxygen atoms in total. The van der Waals surface area contributed by atoms with E-state index in [2.05, 4.69) is 19.9 Å². The van der Waals surface area contributed by atoms with Gasteiger partial charge in [0.2, 0.25) is 15.0 Å². The molecule has 3 heterocycles. The predicted octanol–water partition coefficient (Wildman–Crippen LogP) is 2.92. The van der Waals surface area contributed by atoms with Crippen molar-refractivity contribution >= 4 is 26.9 Å². The standard InChI is InChI=1S/C15H16F3N5O3S2/c1-4-14(2,26-3)22-28(24,25)10-6-5-9-7-19-11(23(9)8-10)12-20-21-13(27-12)15(16,17)18/h5-8,22H,4H2,1-3H3. The van der Waals surface area contributed by atoms with E-state index >= 15 is 0 Å². The molecule has 13 heteroatoms. The van der Waals surface area contributed by atoms with Crippen molar-refractivity contribution in [1.82, 2.24) is 24.3 Å². The van der Waals surface area contributed by atoms with Gasteiger partial charge in [-0.1, -0.05) is 18.3 Å². The van der Waals surface area contributed by atoms with Crippen LogP contribution in [-0.4, -0.2) is 40.8 Å². The highest BCUT2D eigenvalue weighted by Crippen LogP contribution is 2.34. The SMILES string of the molecule is CCC(C)(NS(=O)(=O)c1ccc2cnc(-c3nnc(C(F)(F)F)s3)n2c1)OC. The lowest BCUT2D eigenvalue weighted by molar-refractivity contribution is -0.138. The number of nitrogens with one attached hydrogen (secondary N) is 1. The molecular formula is C15H16F3N5O3S2. The van der Waals surface area contributed by atoms with Gasteiger partial charge < -0.3 is 4.74 Å². The van der Waals surface area contributed by atoms with Gasteiger partial charge in [-0.25, -0.2) is 13.4 Å². The number of sulfonamides is 1. The number of aromatic nitrogens is 4. The maximum absolute atomic E-state index is 12.8. The number of pyridine rings is 1. The minimum absolute atomic E-state index is 0.0602. The van der Waals surface area contributed by atoms with Gasteiger partial charge in [0.05, 0.1) is 16.6 Å². The molecule has 28 heavy (non-hydrogen) atoms. The number of methoxy groups -OCH3 is 1. The van der Waals surface area contributed by atoms with Crippen LogP contribution in [0.15, 0.2) is 29.4 Å². The molecule has 0 saturated carbocycles. The summed E-state index contributed by atoms with van der Waals surface area (Å²) in [5.41, 5.74) is -0.616. The average molecular weight is 435 g/mol. The summed E-state index contributed by atoms with van der Waals surface area (Å²) < 4.78 is 72.8. The van der Waals surface area contributed by atoms with Crippen LogP contribution in [0.4, 0.5) is 13.2 Å². The molecule has 0 aliphatic heterocycles. The van der Waals surface area contributed by atoms with E-state index < -0.39 is 26.9 Å². The van der Waals surface area contributed by atoms with Crippen molar-refractivity contribution in [3.05, 3.63) is 29.5 Å². The first-order chi connectivity index (χ1) is 13.0. The third-order valence-corrected chi connectivity index (χ3v) is 6.67. The summed E-state index contributed by atoms with van der Waals surface area (Å²) in [5, 5.41) is 5.48. The summed E-state index contributed by atoms with van der Waals surface area (Å²) in [5.74, 6) is 0.0602. The van der Waals surface area contributed by atoms with Crippen molar-refractivity contribution < 1.29 is 26.3 Å². The second-order valence-electron chi connectivity index (χ2n) is 6.05. The Morgan fingerprint density at radius 1 is 1.29 bits per heavy atom. The Hall–Kier alpha value is -2.09. The minimum atomic E-state index is -4.62. The molecule has 0 fully saturated rings. The van der Waals surface area contributed by atoms with E-state index in [1.54, 1.807) is 13.8 Å². The van der Waals surface area contributed by atoms with Crippen LogP contribution in [0.25, 0.3) is 16.3 Å². The van der Waals surface area contributed by atoms with Gasteiger partial charge in [-0.05, 0) is 25.5 Å². The van der Waals surface area contributed by atoms with Crippen molar-refractivity contribution in [2.75, 3.05) is 7.11 Å². The Morgan fingerprint density at radius 3 is 2.57 bits per heavy atom. The van der Waals surface area contributed by atoms with Crippen molar-refractivity contribution in [2.24, 2.45) is 0 Å². The van der Waals surface area contributed by atoms with E-state index in [1.807, 2.05) is 0 Å². The van der Waals surface area contributed by atoms with Gasteiger partial charge in [-0.3, -0.25) is 4.40 Å². The van der Waals surface area contributed by atoms with Crippen LogP contribution in [-0.2, 0) is 20.9 Å². The molecule has 0 aliphatic carbocycles. The summed E-state index contributed by atoms with van der Waals surface area (Å²) in [7, 11) is -2.58. The van der Waals surface area contributed by atoms with E-state index in [4.69, 9.17) is 4.74 Å². The Labute approximate surface area is 162 Å². The van der Waals surface area contributed by atoms with Crippen molar-refractivity contribution in [1.29, 1.82) is 0 Å². The molecule has 152 valence electrons. The summed E-state index contributed by atoms with van der Waals surface area (Å²) in [6.45, 7) is 3.35. The fraction of sp³-hybridized carbons (Fsp3) is 0.400. The quantitative estimate of drug-likeness (QED) is 0.598. The van der Waals surface area contributed by atoms with E-state index in [0.717, 1.165) is 0 Å². The molecule has 1 atom stereocenters. The number of imidazole rings is 1. The Bertz CT molecular complexity index is 1100. The number of ether oxygens (including phenoxy) is 1. The fourth-order valence-corrected chi connectivity index (χ4v) is 4.43. The van der Waals surface area contributed by atoms with Crippen LogP contribution in [0.3, 0.4) is 0 Å². The summed E-state index contributed by atoms with van der Waals surface area (Å²) in [4.78, 5) is 3.95. The summed E-state index contributed by atoms with van der Waals surface area (Å²) in [6.07, 6.45) is -1.57. The Kier molecular flexibility index (Phi) is 5.20. The van der Waals surface area contributed by atoms with Crippen LogP contribution >= 0.6 is 11.3 Å². The zero-order valence-corrected chi connectivity index (χ0v) is 16.6. The first-order valence-electron chi connectivity index (χ1n) is 7.96. The number of alkyl halides is 3. The fourth-order valence-electron chi connectivity index (χ4n) is 2.32. The van der Waals surface area contributed by atoms with Gasteiger partial charge in [0.25, 0.3) is 0 Å². The lowest BCUT2D eigenvalue weighted by Crippen LogP contribution is -2.46. The van der Waals surface area contributed by atoms with Crippen LogP contribution in [0.1, 0.15) is 25.3 Å². The summed E-state index contributed by atoms with van der Waals surface area (Å²) >= 11 is 0.327. The first-order valence-corrected chi connectivity index (χ1v) is 10.3. The monoisotopic (exact) mass is 435 g/mol. The topological polar surface area (TPSA) is 98.5 Å². The molecule has 1 N–H and O–H groups in total. The van der Waals surface area contributed by atoms with Crippen molar-refractivity contribution in [3.8, 4) is 10.8 Å². The molecule has 3 aromatic rings. The largest absolute Gasteiger partial charge is 0.445 e. The first kappa shape index (κ1) is 20.6. The van der Waals surface area contributed by atoms with E-state index in [1.165, 1.54) is 36.0 Å². The zero-order valence-electron chi connectivity index (χ0n) is 15.0. The lowest BCUT2D eigenvalue weighted by Gasteiger charge is -2.27. The third kappa shape index (κ3) is 3.87. The second kappa shape index (κ2) is 7.06. The van der Waals surface area contributed by atoms with Gasteiger partial charge >= 0.3 is 6.18 Å². The molecule has 0 aromatic carbocycles. The Morgan fingerprint density at radius 2 is 2.00 bits per heavy atom. The van der Waals surface area contributed by atoms with Crippen LogP contribution in [0.5, 0.6) is 0 Å². The molecule has 3 rings (SSSR count). The molecule has 0 bridgehead atoms. The van der Waals surface area contributed by atoms with Crippen LogP contribution in [0.2, 0.25) is 0 Å². The summed E-state index contributed by atoms with van der Waals surface area (Å²) in [6, 6.07) is 2.86. The number of fused-ring (bicyclic) bond motifs is 1. The maximum Gasteiger partial charge on any atom is 0.445 e. The number of nitrogens with zero attached hydrogens (tertiary/aromatic N) is 4. The van der Waals surface area contributed by atoms with E-state index in [9.17, 15) is 21.6 Å². The van der Waals surface area contributed by atoms with Gasteiger partial charge in [0.1, 0.15) is 5.72 Å². The third-order valence-electron chi connectivity index (χ3n) is 4.14. The minimum Gasteiger partial charge on any atom is -0.363 e. The number of hydrogen-bond acceptors (Lipinski definition) is 7. The molecule has 0 amide bonds. The second-order valence-corrected chi connectivity index (χ2v) is 8.71. The van der Waals surface area contributed by atoms with Crippen LogP contribution in [0, 0.1) is 0 Å². The van der Waals surface area contributed by atoms with Gasteiger partial charge in [-0.15, -0.1) is 10.2 Å². The average Bonchev–Trinajstić information content (AvgIpc) is 3.27. The lowest BCUT2D eigenvalue weighted by atomic mass is 10.2. The number of hydrogen-bond donors (Lipinski definition) is 1. The number of halogens is 3. The van der Waals surface area contributed by atoms with Crippen molar-refractivity contribution in [2.45, 2.75) is 37.1 Å². The van der Waals surface area contributed by atoms with Gasteiger partial charge in [-0.2, -0.15) is 17.9 Å².